The monoisotopic (exact) mass is 528 g/mol. The van der Waals surface area contributed by atoms with Crippen LogP contribution in [0.4, 0.5) is 10.1 Å². The van der Waals surface area contributed by atoms with Gasteiger partial charge in [0, 0.05) is 43.9 Å². The zero-order valence-corrected chi connectivity index (χ0v) is 19.3. The number of halogens is 2. The molecule has 0 unspecified atom stereocenters. The minimum Gasteiger partial charge on any atom is -0.490 e. The van der Waals surface area contributed by atoms with Gasteiger partial charge in [0.15, 0.2) is 17.5 Å². The Hall–Kier alpha value is -2.56. The van der Waals surface area contributed by atoms with E-state index in [1.54, 1.807) is 26.1 Å². The lowest BCUT2D eigenvalue weighted by Gasteiger charge is -2.14. The van der Waals surface area contributed by atoms with Gasteiger partial charge in [-0.3, -0.25) is 9.79 Å². The van der Waals surface area contributed by atoms with Crippen LogP contribution in [-0.2, 0) is 0 Å². The van der Waals surface area contributed by atoms with Crippen molar-refractivity contribution in [3.05, 3.63) is 53.3 Å². The third-order valence-corrected chi connectivity index (χ3v) is 4.37. The SMILES string of the molecule is CN=C(NCCNC(=O)c1ccc(C)c(F)c1)Nc1ccc2c(c1)OCCCO2.I. The van der Waals surface area contributed by atoms with E-state index >= 15 is 0 Å². The van der Waals surface area contributed by atoms with E-state index in [9.17, 15) is 9.18 Å². The van der Waals surface area contributed by atoms with E-state index in [0.717, 1.165) is 17.9 Å². The number of anilines is 1. The highest BCUT2D eigenvalue weighted by Crippen LogP contribution is 2.32. The molecule has 0 saturated heterocycles. The molecule has 0 aliphatic carbocycles. The number of carbonyl (C=O) groups excluding carboxylic acids is 1. The molecule has 1 aliphatic rings. The first-order valence-corrected chi connectivity index (χ1v) is 9.48. The van der Waals surface area contributed by atoms with Crippen molar-refractivity contribution in [2.24, 2.45) is 4.99 Å². The number of aryl methyl sites for hydroxylation is 1. The van der Waals surface area contributed by atoms with Crippen molar-refractivity contribution in [2.45, 2.75) is 13.3 Å². The summed E-state index contributed by atoms with van der Waals surface area (Å²) < 4.78 is 24.9. The van der Waals surface area contributed by atoms with Crippen LogP contribution in [0.1, 0.15) is 22.3 Å². The van der Waals surface area contributed by atoms with Crippen molar-refractivity contribution >= 4 is 41.5 Å². The Kier molecular flexibility index (Phi) is 9.15. The summed E-state index contributed by atoms with van der Waals surface area (Å²) in [4.78, 5) is 16.3. The molecule has 0 fully saturated rings. The second-order valence-corrected chi connectivity index (χ2v) is 6.56. The lowest BCUT2D eigenvalue weighted by atomic mass is 10.1. The van der Waals surface area contributed by atoms with Crippen molar-refractivity contribution in [1.29, 1.82) is 0 Å². The van der Waals surface area contributed by atoms with E-state index in [2.05, 4.69) is 20.9 Å². The topological polar surface area (TPSA) is 84.0 Å². The maximum atomic E-state index is 13.6. The van der Waals surface area contributed by atoms with E-state index < -0.39 is 5.82 Å². The van der Waals surface area contributed by atoms with Crippen LogP contribution in [0.3, 0.4) is 0 Å². The Morgan fingerprint density at radius 1 is 1.07 bits per heavy atom. The number of rotatable bonds is 5. The van der Waals surface area contributed by atoms with Gasteiger partial charge in [0.1, 0.15) is 5.82 Å². The number of fused-ring (bicyclic) bond motifs is 1. The number of ether oxygens (including phenoxy) is 2. The second-order valence-electron chi connectivity index (χ2n) is 6.56. The van der Waals surface area contributed by atoms with Gasteiger partial charge >= 0.3 is 0 Å². The van der Waals surface area contributed by atoms with Gasteiger partial charge in [0.2, 0.25) is 0 Å². The summed E-state index contributed by atoms with van der Waals surface area (Å²) >= 11 is 0. The molecular formula is C21H26FIN4O3. The largest absolute Gasteiger partial charge is 0.490 e. The molecule has 0 atom stereocenters. The van der Waals surface area contributed by atoms with Crippen LogP contribution in [0.2, 0.25) is 0 Å². The van der Waals surface area contributed by atoms with E-state index in [-0.39, 0.29) is 29.9 Å². The van der Waals surface area contributed by atoms with E-state index in [4.69, 9.17) is 9.47 Å². The molecule has 0 aromatic heterocycles. The van der Waals surface area contributed by atoms with Crippen LogP contribution in [0, 0.1) is 12.7 Å². The number of hydrogen-bond donors (Lipinski definition) is 3. The fourth-order valence-corrected chi connectivity index (χ4v) is 2.75. The van der Waals surface area contributed by atoms with Crippen LogP contribution in [0.15, 0.2) is 41.4 Å². The summed E-state index contributed by atoms with van der Waals surface area (Å²) in [6.07, 6.45) is 0.849. The van der Waals surface area contributed by atoms with Gasteiger partial charge in [-0.15, -0.1) is 24.0 Å². The summed E-state index contributed by atoms with van der Waals surface area (Å²) in [5.74, 6) is 1.26. The molecule has 3 rings (SSSR count). The van der Waals surface area contributed by atoms with E-state index in [0.29, 0.717) is 49.1 Å². The van der Waals surface area contributed by atoms with Gasteiger partial charge in [-0.05, 0) is 36.8 Å². The fourth-order valence-electron chi connectivity index (χ4n) is 2.75. The summed E-state index contributed by atoms with van der Waals surface area (Å²) in [5.41, 5.74) is 1.61. The number of aliphatic imine (C=N–C) groups is 1. The number of benzene rings is 2. The van der Waals surface area contributed by atoms with E-state index in [1.165, 1.54) is 6.07 Å². The first kappa shape index (κ1) is 23.7. The maximum Gasteiger partial charge on any atom is 0.251 e. The number of nitrogens with zero attached hydrogens (tertiary/aromatic N) is 1. The minimum atomic E-state index is -0.393. The highest BCUT2D eigenvalue weighted by molar-refractivity contribution is 14.0. The molecule has 7 nitrogen and oxygen atoms in total. The Bertz CT molecular complexity index is 908. The van der Waals surface area contributed by atoms with Crippen molar-refractivity contribution < 1.29 is 18.7 Å². The Balaban J connectivity index is 0.00000320. The quantitative estimate of drug-likeness (QED) is 0.240. The zero-order chi connectivity index (χ0) is 20.6. The van der Waals surface area contributed by atoms with E-state index in [1.807, 2.05) is 18.2 Å². The minimum absolute atomic E-state index is 0. The Labute approximate surface area is 192 Å². The third kappa shape index (κ3) is 6.48. The summed E-state index contributed by atoms with van der Waals surface area (Å²) in [5, 5.41) is 9.04. The molecule has 1 aliphatic heterocycles. The molecular weight excluding hydrogens is 502 g/mol. The number of guanidine groups is 1. The van der Waals surface area contributed by atoms with Gasteiger partial charge in [-0.1, -0.05) is 6.07 Å². The van der Waals surface area contributed by atoms with Crippen molar-refractivity contribution in [3.63, 3.8) is 0 Å². The van der Waals surface area contributed by atoms with Gasteiger partial charge in [0.25, 0.3) is 5.91 Å². The van der Waals surface area contributed by atoms with Gasteiger partial charge in [-0.2, -0.15) is 0 Å². The molecule has 3 N–H and O–H groups in total. The molecule has 1 amide bonds. The number of carbonyl (C=O) groups is 1. The molecule has 0 bridgehead atoms. The molecule has 0 radical (unpaired) electrons. The number of nitrogens with one attached hydrogen (secondary N) is 3. The van der Waals surface area contributed by atoms with Crippen LogP contribution in [0.25, 0.3) is 0 Å². The molecule has 0 saturated carbocycles. The summed E-state index contributed by atoms with van der Waals surface area (Å²) in [6, 6.07) is 10.0. The predicted molar refractivity (Wildman–Crippen MR) is 126 cm³/mol. The normalized spacial score (nSPS) is 13.0. The first-order valence-electron chi connectivity index (χ1n) is 9.48. The lowest BCUT2D eigenvalue weighted by Crippen LogP contribution is -2.37. The van der Waals surface area contributed by atoms with Gasteiger partial charge in [-0.25, -0.2) is 4.39 Å². The highest BCUT2D eigenvalue weighted by Gasteiger charge is 2.11. The van der Waals surface area contributed by atoms with Crippen molar-refractivity contribution in [2.75, 3.05) is 38.7 Å². The average molecular weight is 528 g/mol. The predicted octanol–water partition coefficient (Wildman–Crippen LogP) is 3.33. The maximum absolute atomic E-state index is 13.6. The first-order chi connectivity index (χ1) is 14.1. The lowest BCUT2D eigenvalue weighted by molar-refractivity contribution is 0.0954. The van der Waals surface area contributed by atoms with Gasteiger partial charge < -0.3 is 25.4 Å². The van der Waals surface area contributed by atoms with Crippen molar-refractivity contribution in [1.82, 2.24) is 10.6 Å². The van der Waals surface area contributed by atoms with Crippen LogP contribution in [0.5, 0.6) is 11.5 Å². The van der Waals surface area contributed by atoms with Crippen LogP contribution in [-0.4, -0.2) is 45.2 Å². The van der Waals surface area contributed by atoms with Crippen LogP contribution >= 0.6 is 24.0 Å². The summed E-state index contributed by atoms with van der Waals surface area (Å²) in [7, 11) is 1.66. The fraction of sp³-hybridized carbons (Fsp3) is 0.333. The Morgan fingerprint density at radius 2 is 1.80 bits per heavy atom. The smallest absolute Gasteiger partial charge is 0.251 e. The molecule has 0 spiro atoms. The second kappa shape index (κ2) is 11.6. The highest BCUT2D eigenvalue weighted by atomic mass is 127. The molecule has 2 aromatic carbocycles. The third-order valence-electron chi connectivity index (χ3n) is 4.37. The molecule has 162 valence electrons. The van der Waals surface area contributed by atoms with Crippen LogP contribution < -0.4 is 25.4 Å². The average Bonchev–Trinajstić information content (AvgIpc) is 2.97. The standard InChI is InChI=1S/C21H25FN4O3.HI/c1-14-4-5-15(12-17(14)22)20(27)24-8-9-25-21(23-2)26-16-6-7-18-19(13-16)29-11-3-10-28-18;/h4-7,12-13H,3,8-11H2,1-2H3,(H,24,27)(H2,23,25,26);1H. The number of amides is 1. The zero-order valence-electron chi connectivity index (χ0n) is 17.0. The molecule has 30 heavy (non-hydrogen) atoms. The molecule has 9 heteroatoms. The molecule has 2 aromatic rings. The summed E-state index contributed by atoms with van der Waals surface area (Å²) in [6.45, 7) is 3.72. The van der Waals surface area contributed by atoms with Gasteiger partial charge in [0.05, 0.1) is 13.2 Å². The Morgan fingerprint density at radius 3 is 2.53 bits per heavy atom. The number of hydrogen-bond acceptors (Lipinski definition) is 4. The molecule has 1 heterocycles. The van der Waals surface area contributed by atoms with Crippen molar-refractivity contribution in [3.8, 4) is 11.5 Å².